The molecule has 0 aromatic heterocycles. The number of rotatable bonds is 7. The van der Waals surface area contributed by atoms with Crippen LogP contribution in [0.15, 0.2) is 23.1 Å². The largest absolute Gasteiger partial charge is 0.379 e. The third kappa shape index (κ3) is 4.50. The van der Waals surface area contributed by atoms with Gasteiger partial charge in [-0.2, -0.15) is 0 Å². The molecular formula is C11H15N3O5S. The molecule has 0 saturated carbocycles. The van der Waals surface area contributed by atoms with Gasteiger partial charge in [0.1, 0.15) is 5.69 Å². The predicted molar refractivity (Wildman–Crippen MR) is 73.1 cm³/mol. The van der Waals surface area contributed by atoms with Crippen LogP contribution in [0.1, 0.15) is 12.8 Å². The van der Waals surface area contributed by atoms with Crippen molar-refractivity contribution in [2.24, 2.45) is 5.73 Å². The quantitative estimate of drug-likeness (QED) is 0.432. The molecule has 0 saturated heterocycles. The summed E-state index contributed by atoms with van der Waals surface area (Å²) in [5, 5.41) is 13.7. The monoisotopic (exact) mass is 301 g/mol. The Labute approximate surface area is 116 Å². The number of hydrogen-bond acceptors (Lipinski definition) is 6. The number of sulfone groups is 1. The van der Waals surface area contributed by atoms with Crippen molar-refractivity contribution in [3.05, 3.63) is 28.3 Å². The summed E-state index contributed by atoms with van der Waals surface area (Å²) >= 11 is 0. The van der Waals surface area contributed by atoms with Crippen LogP contribution in [-0.4, -0.2) is 32.0 Å². The molecule has 20 heavy (non-hydrogen) atoms. The summed E-state index contributed by atoms with van der Waals surface area (Å²) in [4.78, 5) is 20.7. The van der Waals surface area contributed by atoms with E-state index in [0.717, 1.165) is 12.3 Å². The highest BCUT2D eigenvalue weighted by molar-refractivity contribution is 7.90. The summed E-state index contributed by atoms with van der Waals surface area (Å²) in [6, 6.07) is 3.63. The molecule has 0 fully saturated rings. The molecule has 0 unspecified atom stereocenters. The summed E-state index contributed by atoms with van der Waals surface area (Å²) in [6.45, 7) is 0.321. The zero-order chi connectivity index (χ0) is 15.3. The van der Waals surface area contributed by atoms with Crippen LogP contribution in [0.3, 0.4) is 0 Å². The number of nitrogens with one attached hydrogen (secondary N) is 1. The van der Waals surface area contributed by atoms with Crippen molar-refractivity contribution >= 4 is 27.1 Å². The lowest BCUT2D eigenvalue weighted by Gasteiger charge is -2.07. The van der Waals surface area contributed by atoms with Gasteiger partial charge in [0.25, 0.3) is 5.69 Å². The molecule has 1 amide bonds. The first-order valence-corrected chi connectivity index (χ1v) is 7.61. The fourth-order valence-electron chi connectivity index (χ4n) is 1.53. The number of anilines is 1. The number of nitrogens with zero attached hydrogens (tertiary/aromatic N) is 1. The first kappa shape index (κ1) is 15.9. The Balaban J connectivity index is 2.91. The topological polar surface area (TPSA) is 132 Å². The van der Waals surface area contributed by atoms with Crippen LogP contribution in [0, 0.1) is 10.1 Å². The number of nitro groups is 1. The predicted octanol–water partition coefficient (Wildman–Crippen LogP) is 0.676. The number of nitro benzene ring substituents is 1. The molecule has 0 radical (unpaired) electrons. The normalized spacial score (nSPS) is 11.1. The van der Waals surface area contributed by atoms with Crippen LogP contribution in [0.5, 0.6) is 0 Å². The molecule has 0 spiro atoms. The van der Waals surface area contributed by atoms with Gasteiger partial charge in [0.15, 0.2) is 9.84 Å². The molecule has 3 N–H and O–H groups in total. The van der Waals surface area contributed by atoms with Gasteiger partial charge in [-0.1, -0.05) is 0 Å². The Morgan fingerprint density at radius 1 is 1.45 bits per heavy atom. The van der Waals surface area contributed by atoms with Gasteiger partial charge in [0.05, 0.1) is 9.82 Å². The van der Waals surface area contributed by atoms with Gasteiger partial charge in [0, 0.05) is 25.3 Å². The molecular weight excluding hydrogens is 286 g/mol. The lowest BCUT2D eigenvalue weighted by molar-refractivity contribution is -0.384. The Bertz CT molecular complexity index is 627. The zero-order valence-electron chi connectivity index (χ0n) is 10.8. The highest BCUT2D eigenvalue weighted by Crippen LogP contribution is 2.27. The molecule has 110 valence electrons. The Morgan fingerprint density at radius 3 is 2.60 bits per heavy atom. The van der Waals surface area contributed by atoms with E-state index in [1.807, 2.05) is 0 Å². The van der Waals surface area contributed by atoms with Crippen molar-refractivity contribution in [3.8, 4) is 0 Å². The molecule has 0 aliphatic rings. The Hall–Kier alpha value is -2.16. The van der Waals surface area contributed by atoms with E-state index in [1.165, 1.54) is 12.1 Å². The van der Waals surface area contributed by atoms with E-state index < -0.39 is 20.7 Å². The minimum absolute atomic E-state index is 0.119. The van der Waals surface area contributed by atoms with E-state index >= 15 is 0 Å². The summed E-state index contributed by atoms with van der Waals surface area (Å²) in [5.74, 6) is -0.450. The van der Waals surface area contributed by atoms with Gasteiger partial charge in [-0.05, 0) is 18.6 Å². The van der Waals surface area contributed by atoms with E-state index in [-0.39, 0.29) is 22.7 Å². The van der Waals surface area contributed by atoms with Crippen molar-refractivity contribution in [3.63, 3.8) is 0 Å². The maximum Gasteiger partial charge on any atom is 0.293 e. The van der Waals surface area contributed by atoms with Gasteiger partial charge < -0.3 is 11.1 Å². The third-order valence-electron chi connectivity index (χ3n) is 2.51. The van der Waals surface area contributed by atoms with E-state index in [4.69, 9.17) is 5.73 Å². The van der Waals surface area contributed by atoms with Crippen LogP contribution in [0.25, 0.3) is 0 Å². The van der Waals surface area contributed by atoms with Crippen molar-refractivity contribution in [1.82, 2.24) is 0 Å². The van der Waals surface area contributed by atoms with Crippen LogP contribution >= 0.6 is 0 Å². The second-order valence-corrected chi connectivity index (χ2v) is 6.22. The lowest BCUT2D eigenvalue weighted by atomic mass is 10.2. The average molecular weight is 301 g/mol. The molecule has 0 heterocycles. The zero-order valence-corrected chi connectivity index (χ0v) is 11.6. The summed E-state index contributed by atoms with van der Waals surface area (Å²) < 4.78 is 22.7. The van der Waals surface area contributed by atoms with Crippen molar-refractivity contribution in [2.45, 2.75) is 17.7 Å². The highest BCUT2D eigenvalue weighted by Gasteiger charge is 2.18. The Morgan fingerprint density at radius 2 is 2.10 bits per heavy atom. The number of carbonyl (C=O) groups excluding carboxylic acids is 1. The maximum atomic E-state index is 11.4. The SMILES string of the molecule is CS(=O)(=O)c1ccc(NCCCC(N)=O)c([N+](=O)[O-])c1. The molecule has 0 atom stereocenters. The van der Waals surface area contributed by atoms with Crippen LogP contribution < -0.4 is 11.1 Å². The first-order chi connectivity index (χ1) is 9.21. The second-order valence-electron chi connectivity index (χ2n) is 4.20. The number of carbonyl (C=O) groups is 1. The maximum absolute atomic E-state index is 11.4. The average Bonchev–Trinajstić information content (AvgIpc) is 2.33. The number of primary amides is 1. The standard InChI is InChI=1S/C11H15N3O5S/c1-20(18,19)8-4-5-9(10(7-8)14(16)17)13-6-2-3-11(12)15/h4-5,7,13H,2-3,6H2,1H3,(H2,12,15). The minimum atomic E-state index is -3.51. The summed E-state index contributed by atoms with van der Waals surface area (Å²) in [5.41, 5.74) is 4.85. The van der Waals surface area contributed by atoms with Crippen molar-refractivity contribution in [2.75, 3.05) is 18.1 Å². The Kier molecular flexibility index (Phi) is 5.03. The van der Waals surface area contributed by atoms with Crippen LogP contribution in [0.4, 0.5) is 11.4 Å². The minimum Gasteiger partial charge on any atom is -0.379 e. The number of hydrogen-bond donors (Lipinski definition) is 2. The van der Waals surface area contributed by atoms with E-state index in [1.54, 1.807) is 0 Å². The molecule has 1 aromatic carbocycles. The number of benzene rings is 1. The third-order valence-corrected chi connectivity index (χ3v) is 3.62. The second kappa shape index (κ2) is 6.33. The lowest BCUT2D eigenvalue weighted by Crippen LogP contribution is -2.13. The molecule has 1 rings (SSSR count). The molecule has 9 heteroatoms. The summed E-state index contributed by atoms with van der Waals surface area (Å²) in [6.07, 6.45) is 1.58. The van der Waals surface area contributed by atoms with Crippen LogP contribution in [-0.2, 0) is 14.6 Å². The van der Waals surface area contributed by atoms with Gasteiger partial charge in [0.2, 0.25) is 5.91 Å². The highest BCUT2D eigenvalue weighted by atomic mass is 32.2. The fourth-order valence-corrected chi connectivity index (χ4v) is 2.17. The van der Waals surface area contributed by atoms with Gasteiger partial charge in [-0.15, -0.1) is 0 Å². The molecule has 1 aromatic rings. The smallest absolute Gasteiger partial charge is 0.293 e. The molecule has 0 aliphatic carbocycles. The first-order valence-electron chi connectivity index (χ1n) is 5.72. The molecule has 0 aliphatic heterocycles. The van der Waals surface area contributed by atoms with Crippen LogP contribution in [0.2, 0.25) is 0 Å². The van der Waals surface area contributed by atoms with Gasteiger partial charge in [-0.3, -0.25) is 14.9 Å². The fraction of sp³-hybridized carbons (Fsp3) is 0.364. The van der Waals surface area contributed by atoms with Crippen molar-refractivity contribution in [1.29, 1.82) is 0 Å². The number of nitrogens with two attached hydrogens (primary N) is 1. The number of amides is 1. The summed E-state index contributed by atoms with van der Waals surface area (Å²) in [7, 11) is -3.51. The van der Waals surface area contributed by atoms with E-state index in [2.05, 4.69) is 5.32 Å². The van der Waals surface area contributed by atoms with Gasteiger partial charge in [-0.25, -0.2) is 8.42 Å². The molecule has 0 bridgehead atoms. The van der Waals surface area contributed by atoms with E-state index in [0.29, 0.717) is 13.0 Å². The molecule has 8 nitrogen and oxygen atoms in total. The van der Waals surface area contributed by atoms with Crippen molar-refractivity contribution < 1.29 is 18.1 Å². The van der Waals surface area contributed by atoms with E-state index in [9.17, 15) is 23.3 Å². The van der Waals surface area contributed by atoms with Gasteiger partial charge >= 0.3 is 0 Å².